The van der Waals surface area contributed by atoms with Crippen LogP contribution in [0.4, 0.5) is 0 Å². The van der Waals surface area contributed by atoms with Crippen LogP contribution in [-0.4, -0.2) is 48.3 Å². The molecule has 124 valence electrons. The number of fused-ring (bicyclic) bond motifs is 1. The summed E-state index contributed by atoms with van der Waals surface area (Å²) >= 11 is 0. The highest BCUT2D eigenvalue weighted by molar-refractivity contribution is 5.92. The molecule has 4 atom stereocenters. The Kier molecular flexibility index (Phi) is 3.56. The van der Waals surface area contributed by atoms with Gasteiger partial charge in [-0.2, -0.15) is 5.10 Å². The second-order valence-electron chi connectivity index (χ2n) is 6.03. The highest BCUT2D eigenvalue weighted by Crippen LogP contribution is 2.35. The van der Waals surface area contributed by atoms with Gasteiger partial charge in [0.1, 0.15) is 24.2 Å². The van der Waals surface area contributed by atoms with E-state index in [4.69, 9.17) is 4.74 Å². The number of aromatic nitrogens is 4. The fraction of sp³-hybridized carbons (Fsp3) is 0.353. The van der Waals surface area contributed by atoms with E-state index in [2.05, 4.69) is 15.1 Å². The standard InChI is InChI=1S/C17H18N4O3/c1-9-12-13(11-6-4-3-5-7-11)20-21(16(12)19-8-18-9)17-15(23)14(22)10(2)24-17/h3-8,10,14-15,17,22-23H,1-2H3/t10-,14+,15+,17-/m1/s1. The Bertz CT molecular complexity index is 880. The highest BCUT2D eigenvalue weighted by Gasteiger charge is 2.43. The largest absolute Gasteiger partial charge is 0.388 e. The van der Waals surface area contributed by atoms with Gasteiger partial charge in [-0.05, 0) is 13.8 Å². The summed E-state index contributed by atoms with van der Waals surface area (Å²) in [5.74, 6) is 0. The third-order valence-electron chi connectivity index (χ3n) is 4.44. The van der Waals surface area contributed by atoms with Crippen molar-refractivity contribution in [2.45, 2.75) is 38.4 Å². The number of nitrogens with zero attached hydrogens (tertiary/aromatic N) is 4. The molecule has 7 heteroatoms. The van der Waals surface area contributed by atoms with Gasteiger partial charge in [-0.25, -0.2) is 14.6 Å². The summed E-state index contributed by atoms with van der Waals surface area (Å²) < 4.78 is 7.25. The Morgan fingerprint density at radius 3 is 2.50 bits per heavy atom. The summed E-state index contributed by atoms with van der Waals surface area (Å²) in [6, 6.07) is 9.73. The van der Waals surface area contributed by atoms with Crippen LogP contribution in [0.5, 0.6) is 0 Å². The van der Waals surface area contributed by atoms with Crippen molar-refractivity contribution >= 4 is 11.0 Å². The lowest BCUT2D eigenvalue weighted by atomic mass is 10.1. The molecule has 2 aromatic heterocycles. The van der Waals surface area contributed by atoms with Crippen molar-refractivity contribution in [1.29, 1.82) is 0 Å². The van der Waals surface area contributed by atoms with Crippen LogP contribution in [0.1, 0.15) is 18.8 Å². The number of benzene rings is 1. The summed E-state index contributed by atoms with van der Waals surface area (Å²) in [4.78, 5) is 8.60. The smallest absolute Gasteiger partial charge is 0.181 e. The van der Waals surface area contributed by atoms with E-state index in [0.717, 1.165) is 22.3 Å². The lowest BCUT2D eigenvalue weighted by molar-refractivity contribution is -0.0370. The zero-order chi connectivity index (χ0) is 16.8. The average Bonchev–Trinajstić information content (AvgIpc) is 3.10. The van der Waals surface area contributed by atoms with Gasteiger partial charge in [0.05, 0.1) is 17.2 Å². The maximum Gasteiger partial charge on any atom is 0.181 e. The van der Waals surface area contributed by atoms with Crippen LogP contribution in [0.15, 0.2) is 36.7 Å². The lowest BCUT2D eigenvalue weighted by Crippen LogP contribution is -2.30. The average molecular weight is 326 g/mol. The number of hydrogen-bond acceptors (Lipinski definition) is 6. The number of aryl methyl sites for hydroxylation is 1. The molecule has 1 aliphatic heterocycles. The normalized spacial score (nSPS) is 27.0. The monoisotopic (exact) mass is 326 g/mol. The third-order valence-corrected chi connectivity index (χ3v) is 4.44. The van der Waals surface area contributed by atoms with Crippen molar-refractivity contribution in [1.82, 2.24) is 19.7 Å². The van der Waals surface area contributed by atoms with Gasteiger partial charge in [-0.3, -0.25) is 0 Å². The summed E-state index contributed by atoms with van der Waals surface area (Å²) in [6.07, 6.45) is -1.83. The minimum Gasteiger partial charge on any atom is -0.388 e. The van der Waals surface area contributed by atoms with Crippen molar-refractivity contribution in [3.8, 4) is 11.3 Å². The number of ether oxygens (including phenoxy) is 1. The number of aliphatic hydroxyl groups excluding tert-OH is 2. The first-order chi connectivity index (χ1) is 11.6. The summed E-state index contributed by atoms with van der Waals surface area (Å²) in [6.45, 7) is 3.61. The minimum absolute atomic E-state index is 0.479. The van der Waals surface area contributed by atoms with E-state index < -0.39 is 24.5 Å². The maximum atomic E-state index is 10.3. The van der Waals surface area contributed by atoms with Gasteiger partial charge in [0.2, 0.25) is 0 Å². The van der Waals surface area contributed by atoms with Gasteiger partial charge in [-0.15, -0.1) is 0 Å². The molecule has 0 unspecified atom stereocenters. The fourth-order valence-corrected chi connectivity index (χ4v) is 3.12. The zero-order valence-electron chi connectivity index (χ0n) is 13.4. The molecule has 0 bridgehead atoms. The SMILES string of the molecule is Cc1ncnc2c1c(-c1ccccc1)nn2[C@@H]1O[C@H](C)[C@H](O)[C@@H]1O. The predicted octanol–water partition coefficient (Wildman–Crippen LogP) is 1.44. The molecular formula is C17H18N4O3. The Balaban J connectivity index is 1.94. The van der Waals surface area contributed by atoms with Gasteiger partial charge < -0.3 is 14.9 Å². The fourth-order valence-electron chi connectivity index (χ4n) is 3.12. The van der Waals surface area contributed by atoms with E-state index >= 15 is 0 Å². The first-order valence-electron chi connectivity index (χ1n) is 7.84. The quantitative estimate of drug-likeness (QED) is 0.740. The molecule has 0 amide bonds. The number of aliphatic hydroxyl groups is 2. The molecule has 1 aliphatic rings. The Morgan fingerprint density at radius 1 is 1.08 bits per heavy atom. The molecule has 2 N–H and O–H groups in total. The lowest BCUT2D eigenvalue weighted by Gasteiger charge is -2.15. The predicted molar refractivity (Wildman–Crippen MR) is 87.1 cm³/mol. The van der Waals surface area contributed by atoms with Crippen LogP contribution in [-0.2, 0) is 4.74 Å². The van der Waals surface area contributed by atoms with E-state index in [1.54, 1.807) is 11.6 Å². The van der Waals surface area contributed by atoms with Gasteiger partial charge in [0.25, 0.3) is 0 Å². The molecule has 0 aliphatic carbocycles. The second kappa shape index (κ2) is 5.62. The Hall–Kier alpha value is -2.35. The van der Waals surface area contributed by atoms with Gasteiger partial charge in [0, 0.05) is 5.56 Å². The van der Waals surface area contributed by atoms with Crippen LogP contribution >= 0.6 is 0 Å². The molecule has 4 rings (SSSR count). The van der Waals surface area contributed by atoms with Crippen LogP contribution in [0, 0.1) is 6.92 Å². The molecule has 0 saturated carbocycles. The van der Waals surface area contributed by atoms with Crippen molar-refractivity contribution in [2.75, 3.05) is 0 Å². The van der Waals surface area contributed by atoms with Crippen LogP contribution < -0.4 is 0 Å². The first-order valence-corrected chi connectivity index (χ1v) is 7.84. The summed E-state index contributed by atoms with van der Waals surface area (Å²) in [7, 11) is 0. The molecule has 1 saturated heterocycles. The Labute approximate surface area is 138 Å². The topological polar surface area (TPSA) is 93.3 Å². The molecule has 7 nitrogen and oxygen atoms in total. The minimum atomic E-state index is -1.07. The molecular weight excluding hydrogens is 308 g/mol. The zero-order valence-corrected chi connectivity index (χ0v) is 13.4. The second-order valence-corrected chi connectivity index (χ2v) is 6.03. The van der Waals surface area contributed by atoms with Crippen molar-refractivity contribution < 1.29 is 14.9 Å². The molecule has 0 spiro atoms. The highest BCUT2D eigenvalue weighted by atomic mass is 16.6. The molecule has 3 heterocycles. The Morgan fingerprint density at radius 2 is 1.83 bits per heavy atom. The van der Waals surface area contributed by atoms with Gasteiger partial charge >= 0.3 is 0 Å². The molecule has 1 aromatic carbocycles. The van der Waals surface area contributed by atoms with Gasteiger partial charge in [0.15, 0.2) is 11.9 Å². The van der Waals surface area contributed by atoms with E-state index in [1.165, 1.54) is 6.33 Å². The number of rotatable bonds is 2. The summed E-state index contributed by atoms with van der Waals surface area (Å²) in [5.41, 5.74) is 3.03. The molecule has 1 fully saturated rings. The molecule has 3 aromatic rings. The molecule has 0 radical (unpaired) electrons. The van der Waals surface area contributed by atoms with E-state index in [-0.39, 0.29) is 0 Å². The third kappa shape index (κ3) is 2.21. The van der Waals surface area contributed by atoms with Crippen LogP contribution in [0.3, 0.4) is 0 Å². The summed E-state index contributed by atoms with van der Waals surface area (Å²) in [5, 5.41) is 25.8. The van der Waals surface area contributed by atoms with E-state index in [1.807, 2.05) is 37.3 Å². The van der Waals surface area contributed by atoms with E-state index in [9.17, 15) is 10.2 Å². The molecule has 24 heavy (non-hydrogen) atoms. The van der Waals surface area contributed by atoms with Gasteiger partial charge in [-0.1, -0.05) is 30.3 Å². The number of hydrogen-bond donors (Lipinski definition) is 2. The van der Waals surface area contributed by atoms with E-state index in [0.29, 0.717) is 5.65 Å². The van der Waals surface area contributed by atoms with Crippen LogP contribution in [0.2, 0.25) is 0 Å². The maximum absolute atomic E-state index is 10.3. The van der Waals surface area contributed by atoms with Crippen LogP contribution in [0.25, 0.3) is 22.3 Å². The van der Waals surface area contributed by atoms with Crippen molar-refractivity contribution in [3.63, 3.8) is 0 Å². The van der Waals surface area contributed by atoms with Crippen molar-refractivity contribution in [3.05, 3.63) is 42.4 Å². The van der Waals surface area contributed by atoms with Crippen molar-refractivity contribution in [2.24, 2.45) is 0 Å². The first kappa shape index (κ1) is 15.2.